The minimum absolute atomic E-state index is 0.0313. The molecular weight excluding hydrogens is 250 g/mol. The predicted octanol–water partition coefficient (Wildman–Crippen LogP) is 3.52. The van der Waals surface area contributed by atoms with Gasteiger partial charge >= 0.3 is 5.69 Å². The fourth-order valence-corrected chi connectivity index (χ4v) is 2.72. The number of benzene rings is 1. The van der Waals surface area contributed by atoms with E-state index in [4.69, 9.17) is 5.41 Å². The van der Waals surface area contributed by atoms with Crippen LogP contribution in [0.15, 0.2) is 23.0 Å². The number of hydrogen-bond acceptors (Lipinski definition) is 2. The molecule has 4 nitrogen and oxygen atoms in total. The van der Waals surface area contributed by atoms with Crippen molar-refractivity contribution in [1.82, 2.24) is 9.55 Å². The molecule has 1 aliphatic heterocycles. The van der Waals surface area contributed by atoms with Crippen molar-refractivity contribution in [2.45, 2.75) is 46.6 Å². The molecule has 2 unspecified atom stereocenters. The summed E-state index contributed by atoms with van der Waals surface area (Å²) in [5.74, 6) is 1.15. The van der Waals surface area contributed by atoms with Crippen LogP contribution in [0.1, 0.15) is 45.6 Å². The molecule has 1 aromatic carbocycles. The van der Waals surface area contributed by atoms with Crippen LogP contribution in [0.5, 0.6) is 0 Å². The summed E-state index contributed by atoms with van der Waals surface area (Å²) in [6, 6.07) is 6.17. The third-order valence-electron chi connectivity index (χ3n) is 3.98. The average molecular weight is 273 g/mol. The molecule has 108 valence electrons. The van der Waals surface area contributed by atoms with Gasteiger partial charge in [0.2, 0.25) is 0 Å². The molecule has 0 amide bonds. The monoisotopic (exact) mass is 273 g/mol. The van der Waals surface area contributed by atoms with Gasteiger partial charge in [-0.2, -0.15) is 0 Å². The van der Waals surface area contributed by atoms with Crippen LogP contribution in [0.2, 0.25) is 0 Å². The van der Waals surface area contributed by atoms with Crippen LogP contribution in [-0.2, 0) is 6.54 Å². The summed E-state index contributed by atoms with van der Waals surface area (Å²) >= 11 is 0. The lowest BCUT2D eigenvalue weighted by Crippen LogP contribution is -2.16. The van der Waals surface area contributed by atoms with Gasteiger partial charge in [0.25, 0.3) is 0 Å². The fraction of sp³-hybridized carbons (Fsp3) is 0.500. The van der Waals surface area contributed by atoms with Gasteiger partial charge in [-0.1, -0.05) is 26.0 Å². The van der Waals surface area contributed by atoms with Crippen molar-refractivity contribution in [3.05, 3.63) is 34.2 Å². The first-order chi connectivity index (χ1) is 9.41. The summed E-state index contributed by atoms with van der Waals surface area (Å²) < 4.78 is 1.89. The summed E-state index contributed by atoms with van der Waals surface area (Å²) in [5, 5.41) is 6.50. The van der Waals surface area contributed by atoms with Gasteiger partial charge in [0.15, 0.2) is 0 Å². The first-order valence-electron chi connectivity index (χ1n) is 7.15. The van der Waals surface area contributed by atoms with Crippen molar-refractivity contribution in [2.24, 2.45) is 5.92 Å². The van der Waals surface area contributed by atoms with Crippen LogP contribution in [0.3, 0.4) is 0 Å². The normalized spacial score (nSPS) is 21.0. The molecule has 2 N–H and O–H groups in total. The highest BCUT2D eigenvalue weighted by Crippen LogP contribution is 2.34. The number of aromatic amines is 1. The van der Waals surface area contributed by atoms with E-state index < -0.39 is 0 Å². The van der Waals surface area contributed by atoms with E-state index in [2.05, 4.69) is 24.9 Å². The van der Waals surface area contributed by atoms with E-state index in [-0.39, 0.29) is 5.69 Å². The molecule has 3 rings (SSSR count). The zero-order valence-electron chi connectivity index (χ0n) is 12.7. The number of nitrogens with one attached hydrogen (secondary N) is 2. The maximum Gasteiger partial charge on any atom is 0.326 e. The third-order valence-corrected chi connectivity index (χ3v) is 3.98. The minimum Gasteiger partial charge on any atom is -0.310 e. The maximum absolute atomic E-state index is 11.8. The molecule has 2 atom stereocenters. The number of aryl methyl sites for hydroxylation is 1. The van der Waals surface area contributed by atoms with Crippen molar-refractivity contribution < 1.29 is 0 Å². The Kier molecular flexibility index (Phi) is 4.12. The highest BCUT2D eigenvalue weighted by molar-refractivity contribution is 5.79. The smallest absolute Gasteiger partial charge is 0.310 e. The van der Waals surface area contributed by atoms with Crippen LogP contribution in [-0.4, -0.2) is 15.3 Å². The lowest BCUT2D eigenvalue weighted by molar-refractivity contribution is 0.436. The Morgan fingerprint density at radius 2 is 2.00 bits per heavy atom. The fourth-order valence-electron chi connectivity index (χ4n) is 2.72. The molecule has 0 saturated heterocycles. The second kappa shape index (κ2) is 5.65. The van der Waals surface area contributed by atoms with Crippen LogP contribution < -0.4 is 5.69 Å². The SMILES string of the molecule is CC(C)=N.CC1CCn2c(=O)[nH]c3cccc(c32)C1C. The van der Waals surface area contributed by atoms with E-state index in [1.165, 1.54) is 5.56 Å². The topological polar surface area (TPSA) is 61.6 Å². The molecule has 0 saturated carbocycles. The summed E-state index contributed by atoms with van der Waals surface area (Å²) in [6.45, 7) is 8.86. The second-order valence-electron chi connectivity index (χ2n) is 5.88. The number of rotatable bonds is 0. The molecule has 1 aliphatic rings. The van der Waals surface area contributed by atoms with Gasteiger partial charge < -0.3 is 10.4 Å². The highest BCUT2D eigenvalue weighted by atomic mass is 16.1. The van der Waals surface area contributed by atoms with Gasteiger partial charge in [-0.3, -0.25) is 4.57 Å². The molecule has 2 heterocycles. The zero-order chi connectivity index (χ0) is 14.9. The van der Waals surface area contributed by atoms with Crippen LogP contribution >= 0.6 is 0 Å². The third kappa shape index (κ3) is 2.69. The van der Waals surface area contributed by atoms with Gasteiger partial charge in [0.05, 0.1) is 11.0 Å². The van der Waals surface area contributed by atoms with Gasteiger partial charge in [0.1, 0.15) is 0 Å². The summed E-state index contributed by atoms with van der Waals surface area (Å²) in [5.41, 5.74) is 4.09. The first-order valence-corrected chi connectivity index (χ1v) is 7.15. The number of para-hydroxylation sites is 1. The summed E-state index contributed by atoms with van der Waals surface area (Å²) in [6.07, 6.45) is 1.07. The summed E-state index contributed by atoms with van der Waals surface area (Å²) in [7, 11) is 0. The second-order valence-corrected chi connectivity index (χ2v) is 5.88. The molecule has 4 heteroatoms. The van der Waals surface area contributed by atoms with Crippen LogP contribution in [0.25, 0.3) is 11.0 Å². The summed E-state index contributed by atoms with van der Waals surface area (Å²) in [4.78, 5) is 14.8. The Morgan fingerprint density at radius 1 is 1.35 bits per heavy atom. The lowest BCUT2D eigenvalue weighted by Gasteiger charge is -2.17. The van der Waals surface area contributed by atoms with E-state index in [1.54, 1.807) is 13.8 Å². The molecule has 1 aromatic heterocycles. The molecule has 0 aliphatic carbocycles. The van der Waals surface area contributed by atoms with Crippen molar-refractivity contribution in [1.29, 1.82) is 5.41 Å². The standard InChI is InChI=1S/C13H16N2O.C3H7N/c1-8-6-7-15-12-10(9(8)2)4-3-5-11(12)14-13(15)16;1-3(2)4/h3-5,8-9H,6-7H2,1-2H3,(H,14,16);4H,1-2H3. The molecule has 0 spiro atoms. The Labute approximate surface area is 119 Å². The molecule has 20 heavy (non-hydrogen) atoms. The van der Waals surface area contributed by atoms with Gasteiger partial charge in [-0.05, 0) is 43.7 Å². The number of hydrogen-bond donors (Lipinski definition) is 2. The number of nitrogens with zero attached hydrogens (tertiary/aromatic N) is 1. The van der Waals surface area contributed by atoms with E-state index in [0.29, 0.717) is 17.5 Å². The Hall–Kier alpha value is -1.84. The van der Waals surface area contributed by atoms with Gasteiger partial charge in [-0.25, -0.2) is 4.79 Å². The lowest BCUT2D eigenvalue weighted by atomic mass is 9.87. The van der Waals surface area contributed by atoms with Gasteiger partial charge in [0, 0.05) is 12.3 Å². The van der Waals surface area contributed by atoms with E-state index in [0.717, 1.165) is 24.0 Å². The first kappa shape index (κ1) is 14.6. The average Bonchev–Trinajstić information content (AvgIpc) is 2.62. The van der Waals surface area contributed by atoms with Crippen molar-refractivity contribution in [2.75, 3.05) is 0 Å². The molecular formula is C16H23N3O. The van der Waals surface area contributed by atoms with Gasteiger partial charge in [-0.15, -0.1) is 0 Å². The van der Waals surface area contributed by atoms with Crippen molar-refractivity contribution in [3.63, 3.8) is 0 Å². The van der Waals surface area contributed by atoms with Crippen molar-refractivity contribution in [3.8, 4) is 0 Å². The molecule has 0 radical (unpaired) electrons. The number of aromatic nitrogens is 2. The minimum atomic E-state index is 0.0313. The number of H-pyrrole nitrogens is 1. The molecule has 0 fully saturated rings. The van der Waals surface area contributed by atoms with Crippen LogP contribution in [0.4, 0.5) is 0 Å². The number of imidazole rings is 1. The molecule has 2 aromatic rings. The van der Waals surface area contributed by atoms with Crippen LogP contribution in [0, 0.1) is 11.3 Å². The molecule has 0 bridgehead atoms. The van der Waals surface area contributed by atoms with E-state index in [9.17, 15) is 4.79 Å². The van der Waals surface area contributed by atoms with E-state index in [1.807, 2.05) is 16.7 Å². The quantitative estimate of drug-likeness (QED) is 0.709. The van der Waals surface area contributed by atoms with Crippen molar-refractivity contribution >= 4 is 16.7 Å². The predicted molar refractivity (Wildman–Crippen MR) is 83.8 cm³/mol. The maximum atomic E-state index is 11.8. The Balaban J connectivity index is 0.000000328. The Morgan fingerprint density at radius 3 is 2.65 bits per heavy atom. The largest absolute Gasteiger partial charge is 0.326 e. The highest BCUT2D eigenvalue weighted by Gasteiger charge is 2.23. The Bertz CT molecular complexity index is 677. The zero-order valence-corrected chi connectivity index (χ0v) is 12.7. The van der Waals surface area contributed by atoms with E-state index >= 15 is 0 Å².